The standard InChI is InChI=1S/C10H7BrN2O4/c1-17-10-7(5-12)6(9(14)4-11)2-3-8(10)13(15)16/h2-3H,4H2,1H3. The lowest BCUT2D eigenvalue weighted by Gasteiger charge is -2.07. The highest BCUT2D eigenvalue weighted by Gasteiger charge is 2.24. The molecule has 0 aliphatic rings. The van der Waals surface area contributed by atoms with Gasteiger partial charge in [0.25, 0.3) is 0 Å². The van der Waals surface area contributed by atoms with E-state index < -0.39 is 4.92 Å². The molecule has 0 bridgehead atoms. The van der Waals surface area contributed by atoms with Gasteiger partial charge < -0.3 is 4.74 Å². The zero-order valence-electron chi connectivity index (χ0n) is 8.77. The van der Waals surface area contributed by atoms with E-state index in [0.717, 1.165) is 6.07 Å². The van der Waals surface area contributed by atoms with Crippen molar-refractivity contribution in [3.63, 3.8) is 0 Å². The van der Waals surface area contributed by atoms with Gasteiger partial charge in [-0.15, -0.1) is 0 Å². The van der Waals surface area contributed by atoms with Gasteiger partial charge in [0.2, 0.25) is 5.75 Å². The molecule has 6 nitrogen and oxygen atoms in total. The van der Waals surface area contributed by atoms with Gasteiger partial charge in [0.15, 0.2) is 5.78 Å². The zero-order valence-corrected chi connectivity index (χ0v) is 10.4. The SMILES string of the molecule is COc1c([N+](=O)[O-])ccc(C(=O)CBr)c1C#N. The fraction of sp³-hybridized carbons (Fsp3) is 0.200. The molecule has 0 aliphatic carbocycles. The van der Waals surface area contributed by atoms with Gasteiger partial charge in [0.1, 0.15) is 11.6 Å². The smallest absolute Gasteiger partial charge is 0.312 e. The molecule has 0 heterocycles. The molecule has 0 atom stereocenters. The largest absolute Gasteiger partial charge is 0.489 e. The first-order chi connectivity index (χ1) is 8.06. The fourth-order valence-corrected chi connectivity index (χ4v) is 1.64. The molecule has 88 valence electrons. The molecule has 0 spiro atoms. The molecule has 0 radical (unpaired) electrons. The van der Waals surface area contributed by atoms with Crippen LogP contribution in [0.1, 0.15) is 15.9 Å². The van der Waals surface area contributed by atoms with Crippen molar-refractivity contribution in [1.82, 2.24) is 0 Å². The van der Waals surface area contributed by atoms with Crippen LogP contribution < -0.4 is 4.74 Å². The summed E-state index contributed by atoms with van der Waals surface area (Å²) in [5.41, 5.74) is -0.354. The summed E-state index contributed by atoms with van der Waals surface area (Å²) in [6.07, 6.45) is 0. The highest BCUT2D eigenvalue weighted by atomic mass is 79.9. The van der Waals surface area contributed by atoms with Gasteiger partial charge >= 0.3 is 5.69 Å². The third-order valence-corrected chi connectivity index (χ3v) is 2.58. The Kier molecular flexibility index (Phi) is 4.17. The first-order valence-electron chi connectivity index (χ1n) is 4.41. The van der Waals surface area contributed by atoms with E-state index in [9.17, 15) is 14.9 Å². The number of rotatable bonds is 4. The van der Waals surface area contributed by atoms with E-state index in [1.807, 2.05) is 0 Å². The zero-order chi connectivity index (χ0) is 13.0. The number of hydrogen-bond acceptors (Lipinski definition) is 5. The van der Waals surface area contributed by atoms with E-state index >= 15 is 0 Å². The molecule has 1 rings (SSSR count). The Morgan fingerprint density at radius 2 is 2.29 bits per heavy atom. The number of halogens is 1. The monoisotopic (exact) mass is 298 g/mol. The van der Waals surface area contributed by atoms with Crippen LogP contribution in [-0.2, 0) is 0 Å². The molecule has 0 aliphatic heterocycles. The number of Topliss-reactive ketones (excluding diaryl/α,β-unsaturated/α-hetero) is 1. The number of nitrogens with zero attached hydrogens (tertiary/aromatic N) is 2. The normalized spacial score (nSPS) is 9.47. The van der Waals surface area contributed by atoms with Crippen molar-refractivity contribution in [2.24, 2.45) is 0 Å². The topological polar surface area (TPSA) is 93.2 Å². The first-order valence-corrected chi connectivity index (χ1v) is 5.53. The Hall–Kier alpha value is -1.94. The maximum atomic E-state index is 11.5. The van der Waals surface area contributed by atoms with Gasteiger partial charge in [-0.1, -0.05) is 15.9 Å². The summed E-state index contributed by atoms with van der Waals surface area (Å²) >= 11 is 2.98. The van der Waals surface area contributed by atoms with Gasteiger partial charge in [-0.25, -0.2) is 0 Å². The van der Waals surface area contributed by atoms with Crippen LogP contribution >= 0.6 is 15.9 Å². The predicted octanol–water partition coefficient (Wildman–Crippen LogP) is 2.05. The maximum Gasteiger partial charge on any atom is 0.312 e. The minimum absolute atomic E-state index is 0.0304. The molecule has 0 aromatic heterocycles. The van der Waals surface area contributed by atoms with E-state index in [1.54, 1.807) is 6.07 Å². The Morgan fingerprint density at radius 1 is 1.65 bits per heavy atom. The highest BCUT2D eigenvalue weighted by molar-refractivity contribution is 9.09. The van der Waals surface area contributed by atoms with Crippen molar-refractivity contribution in [1.29, 1.82) is 5.26 Å². The second kappa shape index (κ2) is 5.41. The number of carbonyl (C=O) groups excluding carboxylic acids is 1. The molecule has 0 saturated carbocycles. The van der Waals surface area contributed by atoms with Gasteiger partial charge in [-0.05, 0) is 6.07 Å². The van der Waals surface area contributed by atoms with Crippen LogP contribution in [0.4, 0.5) is 5.69 Å². The molecule has 0 unspecified atom stereocenters. The number of methoxy groups -OCH3 is 1. The number of nitriles is 1. The minimum Gasteiger partial charge on any atom is -0.489 e. The summed E-state index contributed by atoms with van der Waals surface area (Å²) in [4.78, 5) is 21.6. The fourth-order valence-electron chi connectivity index (χ4n) is 1.34. The van der Waals surface area contributed by atoms with Crippen LogP contribution in [0, 0.1) is 21.4 Å². The molecule has 7 heteroatoms. The molecule has 1 aromatic carbocycles. The number of ketones is 1. The summed E-state index contributed by atoms with van der Waals surface area (Å²) in [6, 6.07) is 4.16. The first kappa shape index (κ1) is 13.1. The van der Waals surface area contributed by atoms with Crippen LogP contribution in [0.15, 0.2) is 12.1 Å². The summed E-state index contributed by atoms with van der Waals surface area (Å²) in [6.45, 7) is 0. The average molecular weight is 299 g/mol. The molecule has 17 heavy (non-hydrogen) atoms. The van der Waals surface area contributed by atoms with E-state index in [0.29, 0.717) is 0 Å². The Balaban J connectivity index is 3.55. The van der Waals surface area contributed by atoms with Gasteiger partial charge in [0.05, 0.1) is 17.4 Å². The molecule has 1 aromatic rings. The quantitative estimate of drug-likeness (QED) is 0.367. The predicted molar refractivity (Wildman–Crippen MR) is 62.5 cm³/mol. The Labute approximate surface area is 105 Å². The van der Waals surface area contributed by atoms with Crippen LogP contribution in [0.2, 0.25) is 0 Å². The number of carbonyl (C=O) groups is 1. The van der Waals surface area contributed by atoms with Crippen LogP contribution in [0.25, 0.3) is 0 Å². The van der Waals surface area contributed by atoms with Crippen LogP contribution in [-0.4, -0.2) is 23.1 Å². The summed E-state index contributed by atoms with van der Waals surface area (Å²) in [5, 5.41) is 19.7. The minimum atomic E-state index is -0.665. The van der Waals surface area contributed by atoms with Crippen LogP contribution in [0.5, 0.6) is 5.75 Å². The number of nitro groups is 1. The Bertz CT molecular complexity index is 522. The lowest BCUT2D eigenvalue weighted by atomic mass is 10.0. The maximum absolute atomic E-state index is 11.5. The molecule has 0 N–H and O–H groups in total. The lowest BCUT2D eigenvalue weighted by molar-refractivity contribution is -0.385. The van der Waals surface area contributed by atoms with Crippen LogP contribution in [0.3, 0.4) is 0 Å². The Morgan fingerprint density at radius 3 is 2.71 bits per heavy atom. The number of alkyl halides is 1. The average Bonchev–Trinajstić information content (AvgIpc) is 2.35. The molecular formula is C10H7BrN2O4. The van der Waals surface area contributed by atoms with Crippen molar-refractivity contribution in [3.05, 3.63) is 33.4 Å². The molecule has 0 amide bonds. The number of nitro benzene ring substituents is 1. The number of hydrogen-bond donors (Lipinski definition) is 0. The molecule has 0 fully saturated rings. The number of benzene rings is 1. The highest BCUT2D eigenvalue weighted by Crippen LogP contribution is 2.33. The van der Waals surface area contributed by atoms with Gasteiger partial charge in [-0.2, -0.15) is 5.26 Å². The molecular weight excluding hydrogens is 292 g/mol. The van der Waals surface area contributed by atoms with E-state index in [4.69, 9.17) is 10.00 Å². The van der Waals surface area contributed by atoms with Crippen molar-refractivity contribution < 1.29 is 14.5 Å². The van der Waals surface area contributed by atoms with Crippen molar-refractivity contribution in [2.75, 3.05) is 12.4 Å². The van der Waals surface area contributed by atoms with Crippen molar-refractivity contribution >= 4 is 27.4 Å². The lowest BCUT2D eigenvalue weighted by Crippen LogP contribution is -2.06. The molecule has 0 saturated heterocycles. The van der Waals surface area contributed by atoms with Gasteiger partial charge in [0, 0.05) is 11.6 Å². The summed E-state index contributed by atoms with van der Waals surface area (Å²) in [5.74, 6) is -0.529. The summed E-state index contributed by atoms with van der Waals surface area (Å²) in [7, 11) is 1.21. The second-order valence-corrected chi connectivity index (χ2v) is 3.53. The van der Waals surface area contributed by atoms with E-state index in [-0.39, 0.29) is 33.7 Å². The second-order valence-electron chi connectivity index (χ2n) is 2.97. The van der Waals surface area contributed by atoms with E-state index in [1.165, 1.54) is 13.2 Å². The number of ether oxygens (including phenoxy) is 1. The van der Waals surface area contributed by atoms with Crippen molar-refractivity contribution in [2.45, 2.75) is 0 Å². The van der Waals surface area contributed by atoms with Gasteiger partial charge in [-0.3, -0.25) is 14.9 Å². The summed E-state index contributed by atoms with van der Waals surface area (Å²) < 4.78 is 4.83. The van der Waals surface area contributed by atoms with Crippen molar-refractivity contribution in [3.8, 4) is 11.8 Å². The third kappa shape index (κ3) is 2.42. The third-order valence-electron chi connectivity index (χ3n) is 2.07. The van der Waals surface area contributed by atoms with E-state index in [2.05, 4.69) is 15.9 Å².